The van der Waals surface area contributed by atoms with E-state index in [1.165, 1.54) is 19.3 Å². The topological polar surface area (TPSA) is 12.0 Å². The highest BCUT2D eigenvalue weighted by atomic mass is 14.9. The molecule has 0 aromatic rings. The fourth-order valence-corrected chi connectivity index (χ4v) is 3.47. The highest BCUT2D eigenvalue weighted by Crippen LogP contribution is 2.38. The van der Waals surface area contributed by atoms with Gasteiger partial charge in [0.2, 0.25) is 0 Å². The largest absolute Gasteiger partial charge is 0.314 e. The van der Waals surface area contributed by atoms with Crippen LogP contribution >= 0.6 is 0 Å². The van der Waals surface area contributed by atoms with Crippen LogP contribution in [0, 0.1) is 23.7 Å². The minimum Gasteiger partial charge on any atom is -0.314 e. The molecule has 3 unspecified atom stereocenters. The van der Waals surface area contributed by atoms with Gasteiger partial charge in [-0.1, -0.05) is 53.9 Å². The Hall–Kier alpha value is -0.0400. The van der Waals surface area contributed by atoms with Crippen LogP contribution in [0.25, 0.3) is 0 Å². The lowest BCUT2D eigenvalue weighted by molar-refractivity contribution is 0.108. The summed E-state index contributed by atoms with van der Waals surface area (Å²) in [5.74, 6) is 3.46. The Morgan fingerprint density at radius 2 is 1.67 bits per heavy atom. The number of hydrogen-bond donors (Lipinski definition) is 1. The molecule has 3 atom stereocenters. The van der Waals surface area contributed by atoms with Gasteiger partial charge in [0.05, 0.1) is 0 Å². The van der Waals surface area contributed by atoms with Crippen LogP contribution in [0.5, 0.6) is 0 Å². The molecular weight excluding hydrogens is 182 g/mol. The lowest BCUT2D eigenvalue weighted by atomic mass is 9.68. The maximum Gasteiger partial charge on any atom is 0.0123 e. The van der Waals surface area contributed by atoms with Crippen molar-refractivity contribution >= 4 is 0 Å². The normalized spacial score (nSPS) is 34.4. The van der Waals surface area contributed by atoms with E-state index in [9.17, 15) is 0 Å². The van der Waals surface area contributed by atoms with E-state index in [1.54, 1.807) is 0 Å². The summed E-state index contributed by atoms with van der Waals surface area (Å²) in [5, 5.41) is 3.71. The van der Waals surface area contributed by atoms with Gasteiger partial charge in [0, 0.05) is 6.04 Å². The molecular formula is C14H29N. The second-order valence-corrected chi connectivity index (χ2v) is 5.79. The van der Waals surface area contributed by atoms with Crippen molar-refractivity contribution in [2.45, 2.75) is 59.9 Å². The Bertz CT molecular complexity index is 166. The van der Waals surface area contributed by atoms with Crippen LogP contribution in [-0.2, 0) is 0 Å². The molecule has 0 aromatic carbocycles. The molecule has 0 radical (unpaired) electrons. The molecule has 1 aliphatic rings. The molecule has 0 saturated heterocycles. The smallest absolute Gasteiger partial charge is 0.0123 e. The molecule has 1 aliphatic carbocycles. The third-order valence-electron chi connectivity index (χ3n) is 4.21. The molecule has 0 bridgehead atoms. The fourth-order valence-electron chi connectivity index (χ4n) is 3.47. The Morgan fingerprint density at radius 3 is 2.07 bits per heavy atom. The quantitative estimate of drug-likeness (QED) is 0.748. The SMILES string of the molecule is CCNC(C(C)C)C1C(C)CCCC1C. The highest BCUT2D eigenvalue weighted by molar-refractivity contribution is 4.88. The van der Waals surface area contributed by atoms with Crippen molar-refractivity contribution in [3.8, 4) is 0 Å². The molecule has 1 N–H and O–H groups in total. The van der Waals surface area contributed by atoms with E-state index in [0.717, 1.165) is 36.3 Å². The first-order valence-electron chi connectivity index (χ1n) is 6.81. The third-order valence-corrected chi connectivity index (χ3v) is 4.21. The highest BCUT2D eigenvalue weighted by Gasteiger charge is 2.34. The maximum atomic E-state index is 3.71. The van der Waals surface area contributed by atoms with Crippen LogP contribution in [0.2, 0.25) is 0 Å². The van der Waals surface area contributed by atoms with Crippen molar-refractivity contribution in [3.05, 3.63) is 0 Å². The van der Waals surface area contributed by atoms with Crippen LogP contribution in [0.1, 0.15) is 53.9 Å². The molecule has 0 aliphatic heterocycles. The number of hydrogen-bond acceptors (Lipinski definition) is 1. The van der Waals surface area contributed by atoms with Gasteiger partial charge in [-0.15, -0.1) is 0 Å². The van der Waals surface area contributed by atoms with Crippen molar-refractivity contribution < 1.29 is 0 Å². The zero-order chi connectivity index (χ0) is 11.4. The first-order valence-corrected chi connectivity index (χ1v) is 6.81. The van der Waals surface area contributed by atoms with Gasteiger partial charge in [-0.2, -0.15) is 0 Å². The van der Waals surface area contributed by atoms with E-state index >= 15 is 0 Å². The fraction of sp³-hybridized carbons (Fsp3) is 1.00. The molecule has 0 aromatic heterocycles. The van der Waals surface area contributed by atoms with Gasteiger partial charge in [0.1, 0.15) is 0 Å². The van der Waals surface area contributed by atoms with Crippen molar-refractivity contribution in [1.82, 2.24) is 5.32 Å². The summed E-state index contributed by atoms with van der Waals surface area (Å²) >= 11 is 0. The molecule has 90 valence electrons. The summed E-state index contributed by atoms with van der Waals surface area (Å²) in [6.45, 7) is 13.0. The van der Waals surface area contributed by atoms with Crippen molar-refractivity contribution in [2.24, 2.45) is 23.7 Å². The monoisotopic (exact) mass is 211 g/mol. The minimum atomic E-state index is 0.722. The van der Waals surface area contributed by atoms with Gasteiger partial charge in [-0.05, 0) is 30.2 Å². The van der Waals surface area contributed by atoms with Gasteiger partial charge in [-0.25, -0.2) is 0 Å². The third kappa shape index (κ3) is 3.21. The molecule has 0 amide bonds. The van der Waals surface area contributed by atoms with Gasteiger partial charge < -0.3 is 5.32 Å². The summed E-state index contributed by atoms with van der Waals surface area (Å²) in [7, 11) is 0. The zero-order valence-corrected chi connectivity index (χ0v) is 11.2. The van der Waals surface area contributed by atoms with E-state index in [0.29, 0.717) is 0 Å². The van der Waals surface area contributed by atoms with Gasteiger partial charge in [0.15, 0.2) is 0 Å². The summed E-state index contributed by atoms with van der Waals surface area (Å²) in [4.78, 5) is 0. The standard InChI is InChI=1S/C14H29N/c1-6-15-14(10(2)3)13-11(4)8-7-9-12(13)5/h10-15H,6-9H2,1-5H3. The van der Waals surface area contributed by atoms with Crippen LogP contribution < -0.4 is 5.32 Å². The molecule has 1 rings (SSSR count). The van der Waals surface area contributed by atoms with Crippen molar-refractivity contribution in [2.75, 3.05) is 6.54 Å². The second kappa shape index (κ2) is 5.89. The van der Waals surface area contributed by atoms with E-state index < -0.39 is 0 Å². The maximum absolute atomic E-state index is 3.71. The average molecular weight is 211 g/mol. The Kier molecular flexibility index (Phi) is 5.11. The predicted molar refractivity (Wildman–Crippen MR) is 68.0 cm³/mol. The van der Waals surface area contributed by atoms with Crippen molar-refractivity contribution in [3.63, 3.8) is 0 Å². The Morgan fingerprint density at radius 1 is 1.13 bits per heavy atom. The van der Waals surface area contributed by atoms with E-state index in [2.05, 4.69) is 39.9 Å². The second-order valence-electron chi connectivity index (χ2n) is 5.79. The lowest BCUT2D eigenvalue weighted by Gasteiger charge is -2.42. The summed E-state index contributed by atoms with van der Waals surface area (Å²) in [6, 6.07) is 0.722. The van der Waals surface area contributed by atoms with Crippen LogP contribution in [0.15, 0.2) is 0 Å². The number of rotatable bonds is 4. The Labute approximate surface area is 96.0 Å². The minimum absolute atomic E-state index is 0.722. The van der Waals surface area contributed by atoms with Crippen molar-refractivity contribution in [1.29, 1.82) is 0 Å². The van der Waals surface area contributed by atoms with E-state index in [1.807, 2.05) is 0 Å². The molecule has 1 nitrogen and oxygen atoms in total. The molecule has 0 spiro atoms. The predicted octanol–water partition coefficient (Wildman–Crippen LogP) is 3.69. The average Bonchev–Trinajstić information content (AvgIpc) is 2.15. The van der Waals surface area contributed by atoms with E-state index in [4.69, 9.17) is 0 Å². The van der Waals surface area contributed by atoms with Gasteiger partial charge in [0.25, 0.3) is 0 Å². The van der Waals surface area contributed by atoms with Crippen LogP contribution in [0.4, 0.5) is 0 Å². The van der Waals surface area contributed by atoms with Crippen LogP contribution in [0.3, 0.4) is 0 Å². The van der Waals surface area contributed by atoms with E-state index in [-0.39, 0.29) is 0 Å². The summed E-state index contributed by atoms with van der Waals surface area (Å²) in [6.07, 6.45) is 4.31. The van der Waals surface area contributed by atoms with Crippen LogP contribution in [-0.4, -0.2) is 12.6 Å². The first-order chi connectivity index (χ1) is 7.07. The Balaban J connectivity index is 2.69. The zero-order valence-electron chi connectivity index (χ0n) is 11.2. The lowest BCUT2D eigenvalue weighted by Crippen LogP contribution is -2.46. The molecule has 0 heterocycles. The molecule has 1 saturated carbocycles. The van der Waals surface area contributed by atoms with Gasteiger partial charge in [-0.3, -0.25) is 0 Å². The van der Waals surface area contributed by atoms with Gasteiger partial charge >= 0.3 is 0 Å². The molecule has 1 heteroatoms. The summed E-state index contributed by atoms with van der Waals surface area (Å²) in [5.41, 5.74) is 0. The first kappa shape index (κ1) is 13.0. The molecule has 15 heavy (non-hydrogen) atoms. The summed E-state index contributed by atoms with van der Waals surface area (Å²) < 4.78 is 0. The number of nitrogens with one attached hydrogen (secondary N) is 1. The molecule has 1 fully saturated rings.